The third kappa shape index (κ3) is 2.35. The second kappa shape index (κ2) is 4.82. The smallest absolute Gasteiger partial charge is 0.350 e. The molecule has 2 rings (SSSR count). The fourth-order valence-electron chi connectivity index (χ4n) is 1.61. The van der Waals surface area contributed by atoms with E-state index in [4.69, 9.17) is 0 Å². The van der Waals surface area contributed by atoms with Gasteiger partial charge in [-0.2, -0.15) is 0 Å². The number of hydrogen-bond acceptors (Lipinski definition) is 3. The largest absolute Gasteiger partial charge is 0.356 e. The standard InChI is InChI=1S/C11H14N4O2/c1-2-12-10(16)6-8-15-11(17)14-7-4-3-5-9(14)13-15/h3-5,7H,2,6,8H2,1H3,(H,12,16). The van der Waals surface area contributed by atoms with Crippen LogP contribution >= 0.6 is 0 Å². The highest BCUT2D eigenvalue weighted by Gasteiger charge is 2.07. The molecule has 0 atom stereocenters. The quantitative estimate of drug-likeness (QED) is 0.811. The van der Waals surface area contributed by atoms with Crippen molar-refractivity contribution in [1.82, 2.24) is 19.5 Å². The Hall–Kier alpha value is -2.11. The van der Waals surface area contributed by atoms with Crippen LogP contribution in [0.5, 0.6) is 0 Å². The fourth-order valence-corrected chi connectivity index (χ4v) is 1.61. The van der Waals surface area contributed by atoms with Gasteiger partial charge in [0.1, 0.15) is 0 Å². The molecule has 90 valence electrons. The summed E-state index contributed by atoms with van der Waals surface area (Å²) in [5.41, 5.74) is 0.373. The SMILES string of the molecule is CCNC(=O)CCn1nc2ccccn2c1=O. The number of nitrogens with zero attached hydrogens (tertiary/aromatic N) is 3. The van der Waals surface area contributed by atoms with Gasteiger partial charge >= 0.3 is 5.69 Å². The number of fused-ring (bicyclic) bond motifs is 1. The van der Waals surface area contributed by atoms with Crippen molar-refractivity contribution >= 4 is 11.6 Å². The van der Waals surface area contributed by atoms with Crippen molar-refractivity contribution in [2.45, 2.75) is 19.9 Å². The number of aromatic nitrogens is 3. The predicted octanol–water partition coefficient (Wildman–Crippen LogP) is 0.0222. The van der Waals surface area contributed by atoms with Crippen molar-refractivity contribution in [1.29, 1.82) is 0 Å². The molecular formula is C11H14N4O2. The zero-order valence-corrected chi connectivity index (χ0v) is 9.59. The first kappa shape index (κ1) is 11.4. The van der Waals surface area contributed by atoms with Crippen LogP contribution in [0.4, 0.5) is 0 Å². The maximum atomic E-state index is 11.8. The van der Waals surface area contributed by atoms with Gasteiger partial charge in [-0.25, -0.2) is 9.48 Å². The summed E-state index contributed by atoms with van der Waals surface area (Å²) in [4.78, 5) is 23.1. The van der Waals surface area contributed by atoms with Gasteiger partial charge < -0.3 is 5.32 Å². The summed E-state index contributed by atoms with van der Waals surface area (Å²) >= 11 is 0. The Labute approximate surface area is 97.9 Å². The van der Waals surface area contributed by atoms with Gasteiger partial charge in [-0.3, -0.25) is 9.20 Å². The third-order valence-corrected chi connectivity index (χ3v) is 2.41. The van der Waals surface area contributed by atoms with E-state index in [-0.39, 0.29) is 18.0 Å². The van der Waals surface area contributed by atoms with Crippen molar-refractivity contribution in [3.63, 3.8) is 0 Å². The van der Waals surface area contributed by atoms with Crippen LogP contribution in [0, 0.1) is 0 Å². The van der Waals surface area contributed by atoms with Crippen molar-refractivity contribution in [2.24, 2.45) is 0 Å². The van der Waals surface area contributed by atoms with E-state index in [1.807, 2.05) is 13.0 Å². The van der Waals surface area contributed by atoms with E-state index in [1.165, 1.54) is 9.08 Å². The fraction of sp³-hybridized carbons (Fsp3) is 0.364. The normalized spacial score (nSPS) is 10.6. The van der Waals surface area contributed by atoms with Gasteiger partial charge in [0.05, 0.1) is 6.54 Å². The van der Waals surface area contributed by atoms with Gasteiger partial charge in [0, 0.05) is 19.2 Å². The lowest BCUT2D eigenvalue weighted by Crippen LogP contribution is -2.27. The summed E-state index contributed by atoms with van der Waals surface area (Å²) in [6.07, 6.45) is 1.92. The molecule has 0 aliphatic heterocycles. The summed E-state index contributed by atoms with van der Waals surface area (Å²) in [5.74, 6) is -0.0727. The lowest BCUT2D eigenvalue weighted by atomic mass is 10.4. The monoisotopic (exact) mass is 234 g/mol. The van der Waals surface area contributed by atoms with Gasteiger partial charge in [-0.15, -0.1) is 5.10 Å². The van der Waals surface area contributed by atoms with E-state index in [0.717, 1.165) is 0 Å². The zero-order chi connectivity index (χ0) is 12.3. The van der Waals surface area contributed by atoms with Gasteiger partial charge in [0.25, 0.3) is 0 Å². The molecule has 6 heteroatoms. The number of carbonyl (C=O) groups is 1. The summed E-state index contributed by atoms with van der Waals surface area (Å²) in [6.45, 7) is 2.75. The Morgan fingerprint density at radius 2 is 2.29 bits per heavy atom. The molecule has 0 fully saturated rings. The summed E-state index contributed by atoms with van der Waals surface area (Å²) in [6, 6.07) is 5.34. The van der Waals surface area contributed by atoms with Crippen LogP contribution in [0.3, 0.4) is 0 Å². The van der Waals surface area contributed by atoms with Gasteiger partial charge in [0.15, 0.2) is 5.65 Å². The molecule has 0 aliphatic rings. The number of amides is 1. The summed E-state index contributed by atoms with van der Waals surface area (Å²) < 4.78 is 2.77. The number of rotatable bonds is 4. The molecular weight excluding hydrogens is 220 g/mol. The highest BCUT2D eigenvalue weighted by Crippen LogP contribution is 1.95. The van der Waals surface area contributed by atoms with Crippen molar-refractivity contribution < 1.29 is 4.79 Å². The number of pyridine rings is 1. The average molecular weight is 234 g/mol. The van der Waals surface area contributed by atoms with Crippen LogP contribution in [-0.4, -0.2) is 26.6 Å². The topological polar surface area (TPSA) is 68.4 Å². The molecule has 0 aliphatic carbocycles. The molecule has 0 unspecified atom stereocenters. The first-order valence-electron chi connectivity index (χ1n) is 5.53. The molecule has 1 N–H and O–H groups in total. The van der Waals surface area contributed by atoms with Crippen molar-refractivity contribution in [2.75, 3.05) is 6.54 Å². The molecule has 6 nitrogen and oxygen atoms in total. The maximum absolute atomic E-state index is 11.8. The predicted molar refractivity (Wildman–Crippen MR) is 62.8 cm³/mol. The third-order valence-electron chi connectivity index (χ3n) is 2.41. The second-order valence-electron chi connectivity index (χ2n) is 3.64. The maximum Gasteiger partial charge on any atom is 0.350 e. The first-order chi connectivity index (χ1) is 8.22. The minimum absolute atomic E-state index is 0.0727. The lowest BCUT2D eigenvalue weighted by molar-refractivity contribution is -0.121. The van der Waals surface area contributed by atoms with Crippen LogP contribution in [-0.2, 0) is 11.3 Å². The number of nitrogens with one attached hydrogen (secondary N) is 1. The van der Waals surface area contributed by atoms with Crippen molar-refractivity contribution in [3.05, 3.63) is 34.9 Å². The molecule has 0 aromatic carbocycles. The molecule has 0 radical (unpaired) electrons. The minimum Gasteiger partial charge on any atom is -0.356 e. The Bertz CT molecular complexity index is 584. The average Bonchev–Trinajstić information content (AvgIpc) is 2.65. The van der Waals surface area contributed by atoms with E-state index in [1.54, 1.807) is 18.3 Å². The van der Waals surface area contributed by atoms with E-state index in [9.17, 15) is 9.59 Å². The van der Waals surface area contributed by atoms with E-state index in [0.29, 0.717) is 18.7 Å². The Balaban J connectivity index is 2.17. The number of carbonyl (C=O) groups excluding carboxylic acids is 1. The Kier molecular flexibility index (Phi) is 3.22. The van der Waals surface area contributed by atoms with E-state index < -0.39 is 0 Å². The molecule has 17 heavy (non-hydrogen) atoms. The molecule has 2 aromatic heterocycles. The summed E-state index contributed by atoms with van der Waals surface area (Å²) in [7, 11) is 0. The molecule has 0 saturated carbocycles. The highest BCUT2D eigenvalue weighted by atomic mass is 16.2. The molecule has 2 heterocycles. The van der Waals surface area contributed by atoms with Crippen LogP contribution in [0.1, 0.15) is 13.3 Å². The highest BCUT2D eigenvalue weighted by molar-refractivity contribution is 5.75. The van der Waals surface area contributed by atoms with Crippen molar-refractivity contribution in [3.8, 4) is 0 Å². The van der Waals surface area contributed by atoms with Crippen LogP contribution in [0.15, 0.2) is 29.2 Å². The molecule has 0 saturated heterocycles. The van der Waals surface area contributed by atoms with Gasteiger partial charge in [-0.05, 0) is 19.1 Å². The number of aryl methyl sites for hydroxylation is 1. The minimum atomic E-state index is -0.218. The van der Waals surface area contributed by atoms with E-state index >= 15 is 0 Å². The molecule has 2 aromatic rings. The lowest BCUT2D eigenvalue weighted by Gasteiger charge is -2.00. The van der Waals surface area contributed by atoms with E-state index in [2.05, 4.69) is 10.4 Å². The number of hydrogen-bond donors (Lipinski definition) is 1. The molecule has 1 amide bonds. The molecule has 0 spiro atoms. The first-order valence-corrected chi connectivity index (χ1v) is 5.53. The Morgan fingerprint density at radius 3 is 3.00 bits per heavy atom. The molecule has 0 bridgehead atoms. The Morgan fingerprint density at radius 1 is 1.47 bits per heavy atom. The van der Waals surface area contributed by atoms with Crippen LogP contribution in [0.25, 0.3) is 5.65 Å². The van der Waals surface area contributed by atoms with Gasteiger partial charge in [0.2, 0.25) is 5.91 Å². The summed E-state index contributed by atoms with van der Waals surface area (Å²) in [5, 5.41) is 6.81. The second-order valence-corrected chi connectivity index (χ2v) is 3.64. The van der Waals surface area contributed by atoms with Crippen LogP contribution in [0.2, 0.25) is 0 Å². The van der Waals surface area contributed by atoms with Crippen LogP contribution < -0.4 is 11.0 Å². The van der Waals surface area contributed by atoms with Gasteiger partial charge in [-0.1, -0.05) is 6.07 Å². The zero-order valence-electron chi connectivity index (χ0n) is 9.59.